The first kappa shape index (κ1) is 15.7. The first-order chi connectivity index (χ1) is 9.67. The number of likely N-dealkylation sites (N-methyl/N-ethyl adjacent to an activating group) is 1. The van der Waals surface area contributed by atoms with Crippen LogP contribution in [0.25, 0.3) is 0 Å². The van der Waals surface area contributed by atoms with Crippen LogP contribution in [0.1, 0.15) is 31.4 Å². The topological polar surface area (TPSA) is 38.5 Å². The zero-order valence-corrected chi connectivity index (χ0v) is 12.6. The van der Waals surface area contributed by atoms with Crippen molar-refractivity contribution in [2.75, 3.05) is 26.2 Å². The van der Waals surface area contributed by atoms with E-state index in [1.807, 2.05) is 0 Å². The lowest BCUT2D eigenvalue weighted by atomic mass is 10.0. The molecule has 1 saturated heterocycles. The van der Waals surface area contributed by atoms with Gasteiger partial charge in [0.25, 0.3) is 0 Å². The van der Waals surface area contributed by atoms with E-state index in [0.717, 1.165) is 32.5 Å². The lowest BCUT2D eigenvalue weighted by Crippen LogP contribution is -2.39. The van der Waals surface area contributed by atoms with Crippen LogP contribution < -0.4 is 5.73 Å². The molecular formula is C15H22ClFN2O. The molecule has 0 spiro atoms. The Morgan fingerprint density at radius 2 is 2.35 bits per heavy atom. The van der Waals surface area contributed by atoms with E-state index in [0.29, 0.717) is 12.1 Å². The first-order valence-corrected chi connectivity index (χ1v) is 7.54. The highest BCUT2D eigenvalue weighted by Crippen LogP contribution is 2.28. The number of halogens is 2. The third kappa shape index (κ3) is 3.50. The SMILES string of the molecule is CCN(CC1CCCO1)C(CN)c1cccc(Cl)c1F. The highest BCUT2D eigenvalue weighted by molar-refractivity contribution is 6.30. The predicted octanol–water partition coefficient (Wildman–Crippen LogP) is 2.98. The fourth-order valence-electron chi connectivity index (χ4n) is 2.78. The number of hydrogen-bond acceptors (Lipinski definition) is 3. The normalized spacial score (nSPS) is 20.6. The molecule has 20 heavy (non-hydrogen) atoms. The van der Waals surface area contributed by atoms with Crippen LogP contribution >= 0.6 is 11.6 Å². The highest BCUT2D eigenvalue weighted by Gasteiger charge is 2.26. The summed E-state index contributed by atoms with van der Waals surface area (Å²) in [5.74, 6) is -0.365. The average molecular weight is 301 g/mol. The summed E-state index contributed by atoms with van der Waals surface area (Å²) < 4.78 is 19.9. The average Bonchev–Trinajstić information content (AvgIpc) is 2.96. The van der Waals surface area contributed by atoms with Gasteiger partial charge in [-0.1, -0.05) is 30.7 Å². The number of hydrogen-bond donors (Lipinski definition) is 1. The molecule has 2 rings (SSSR count). The molecule has 0 aliphatic carbocycles. The lowest BCUT2D eigenvalue weighted by molar-refractivity contribution is 0.0595. The van der Waals surface area contributed by atoms with Crippen molar-refractivity contribution in [2.45, 2.75) is 31.9 Å². The van der Waals surface area contributed by atoms with Gasteiger partial charge in [-0.15, -0.1) is 0 Å². The Kier molecular flexibility index (Phi) is 5.78. The van der Waals surface area contributed by atoms with E-state index in [1.165, 1.54) is 0 Å². The zero-order valence-electron chi connectivity index (χ0n) is 11.8. The summed E-state index contributed by atoms with van der Waals surface area (Å²) in [6.07, 6.45) is 2.39. The Bertz CT molecular complexity index is 438. The Morgan fingerprint density at radius 1 is 1.55 bits per heavy atom. The van der Waals surface area contributed by atoms with Crippen LogP contribution in [-0.2, 0) is 4.74 Å². The van der Waals surface area contributed by atoms with Gasteiger partial charge >= 0.3 is 0 Å². The fraction of sp³-hybridized carbons (Fsp3) is 0.600. The molecule has 0 amide bonds. The smallest absolute Gasteiger partial charge is 0.146 e. The number of nitrogens with zero attached hydrogens (tertiary/aromatic N) is 1. The number of rotatable bonds is 6. The van der Waals surface area contributed by atoms with E-state index in [1.54, 1.807) is 18.2 Å². The van der Waals surface area contributed by atoms with Crippen molar-refractivity contribution in [1.29, 1.82) is 0 Å². The summed E-state index contributed by atoms with van der Waals surface area (Å²) in [7, 11) is 0. The van der Waals surface area contributed by atoms with Gasteiger partial charge in [-0.3, -0.25) is 4.90 Å². The summed E-state index contributed by atoms with van der Waals surface area (Å²) in [5, 5.41) is 0.147. The Hall–Kier alpha value is -0.680. The van der Waals surface area contributed by atoms with E-state index in [9.17, 15) is 4.39 Å². The molecule has 0 saturated carbocycles. The molecule has 1 heterocycles. The van der Waals surface area contributed by atoms with E-state index >= 15 is 0 Å². The third-order valence-corrected chi connectivity index (χ3v) is 4.16. The maximum Gasteiger partial charge on any atom is 0.146 e. The van der Waals surface area contributed by atoms with Crippen LogP contribution in [0.15, 0.2) is 18.2 Å². The second kappa shape index (κ2) is 7.36. The summed E-state index contributed by atoms with van der Waals surface area (Å²) in [5.41, 5.74) is 6.45. The van der Waals surface area contributed by atoms with Gasteiger partial charge in [-0.25, -0.2) is 4.39 Å². The van der Waals surface area contributed by atoms with Gasteiger partial charge in [0, 0.05) is 25.3 Å². The van der Waals surface area contributed by atoms with Crippen LogP contribution in [0, 0.1) is 5.82 Å². The minimum Gasteiger partial charge on any atom is -0.377 e. The number of nitrogens with two attached hydrogens (primary N) is 1. The van der Waals surface area contributed by atoms with Crippen LogP contribution in [0.2, 0.25) is 5.02 Å². The minimum absolute atomic E-state index is 0.147. The fourth-order valence-corrected chi connectivity index (χ4v) is 2.96. The van der Waals surface area contributed by atoms with E-state index in [-0.39, 0.29) is 23.0 Å². The molecule has 2 N–H and O–H groups in total. The van der Waals surface area contributed by atoms with Gasteiger partial charge in [0.1, 0.15) is 5.82 Å². The molecule has 0 radical (unpaired) electrons. The second-order valence-corrected chi connectivity index (χ2v) is 5.52. The molecule has 1 aliphatic rings. The number of ether oxygens (including phenoxy) is 1. The van der Waals surface area contributed by atoms with Gasteiger partial charge in [0.15, 0.2) is 0 Å². The van der Waals surface area contributed by atoms with Crippen molar-refractivity contribution in [3.8, 4) is 0 Å². The van der Waals surface area contributed by atoms with E-state index < -0.39 is 0 Å². The lowest BCUT2D eigenvalue weighted by Gasteiger charge is -2.32. The van der Waals surface area contributed by atoms with Crippen LogP contribution in [0.5, 0.6) is 0 Å². The molecule has 2 unspecified atom stereocenters. The first-order valence-electron chi connectivity index (χ1n) is 7.17. The summed E-state index contributed by atoms with van der Waals surface area (Å²) in [6, 6.07) is 4.92. The maximum atomic E-state index is 14.2. The Balaban J connectivity index is 2.17. The van der Waals surface area contributed by atoms with Gasteiger partial charge in [0.2, 0.25) is 0 Å². The summed E-state index contributed by atoms with van der Waals surface area (Å²) >= 11 is 5.87. The van der Waals surface area contributed by atoms with Gasteiger partial charge in [-0.2, -0.15) is 0 Å². The van der Waals surface area contributed by atoms with Crippen molar-refractivity contribution in [1.82, 2.24) is 4.90 Å². The Morgan fingerprint density at radius 3 is 2.95 bits per heavy atom. The summed E-state index contributed by atoms with van der Waals surface area (Å²) in [4.78, 5) is 2.17. The number of benzene rings is 1. The second-order valence-electron chi connectivity index (χ2n) is 5.12. The Labute approximate surface area is 124 Å². The van der Waals surface area contributed by atoms with Crippen molar-refractivity contribution in [3.63, 3.8) is 0 Å². The minimum atomic E-state index is -0.365. The van der Waals surface area contributed by atoms with Crippen molar-refractivity contribution in [2.24, 2.45) is 5.73 Å². The van der Waals surface area contributed by atoms with Gasteiger partial charge < -0.3 is 10.5 Å². The standard InChI is InChI=1S/C15H22ClFN2O/c1-2-19(10-11-5-4-8-20-11)14(9-18)12-6-3-7-13(16)15(12)17/h3,6-7,11,14H,2,4-5,8-10,18H2,1H3. The van der Waals surface area contributed by atoms with Crippen LogP contribution in [0.3, 0.4) is 0 Å². The van der Waals surface area contributed by atoms with Crippen LogP contribution in [0.4, 0.5) is 4.39 Å². The molecular weight excluding hydrogens is 279 g/mol. The zero-order chi connectivity index (χ0) is 14.5. The largest absolute Gasteiger partial charge is 0.377 e. The highest BCUT2D eigenvalue weighted by atomic mass is 35.5. The molecule has 2 atom stereocenters. The van der Waals surface area contributed by atoms with Gasteiger partial charge in [0.05, 0.1) is 17.2 Å². The van der Waals surface area contributed by atoms with Gasteiger partial charge in [-0.05, 0) is 25.5 Å². The quantitative estimate of drug-likeness (QED) is 0.878. The van der Waals surface area contributed by atoms with Crippen molar-refractivity contribution < 1.29 is 9.13 Å². The molecule has 1 aliphatic heterocycles. The molecule has 1 aromatic carbocycles. The third-order valence-electron chi connectivity index (χ3n) is 3.87. The molecule has 3 nitrogen and oxygen atoms in total. The van der Waals surface area contributed by atoms with E-state index in [2.05, 4.69) is 11.8 Å². The molecule has 112 valence electrons. The maximum absolute atomic E-state index is 14.2. The molecule has 1 aromatic rings. The predicted molar refractivity (Wildman–Crippen MR) is 79.4 cm³/mol. The van der Waals surface area contributed by atoms with Crippen LogP contribution in [-0.4, -0.2) is 37.2 Å². The van der Waals surface area contributed by atoms with Crippen molar-refractivity contribution in [3.05, 3.63) is 34.6 Å². The monoisotopic (exact) mass is 300 g/mol. The van der Waals surface area contributed by atoms with E-state index in [4.69, 9.17) is 22.1 Å². The molecule has 5 heteroatoms. The van der Waals surface area contributed by atoms with Crippen molar-refractivity contribution >= 4 is 11.6 Å². The molecule has 1 fully saturated rings. The molecule has 0 bridgehead atoms. The summed E-state index contributed by atoms with van der Waals surface area (Å²) in [6.45, 7) is 4.82. The molecule has 0 aromatic heterocycles.